The summed E-state index contributed by atoms with van der Waals surface area (Å²) in [4.78, 5) is 7.55. The van der Waals surface area contributed by atoms with Gasteiger partial charge in [0, 0.05) is 12.1 Å². The largest absolute Gasteiger partial charge is 0.394 e. The van der Waals surface area contributed by atoms with Crippen molar-refractivity contribution in [1.29, 1.82) is 0 Å². The molecule has 100 valence electrons. The van der Waals surface area contributed by atoms with Crippen LogP contribution in [0.1, 0.15) is 5.69 Å². The van der Waals surface area contributed by atoms with Gasteiger partial charge in [0.15, 0.2) is 17.5 Å². The monoisotopic (exact) mass is 288 g/mol. The van der Waals surface area contributed by atoms with Gasteiger partial charge in [-0.3, -0.25) is 0 Å². The van der Waals surface area contributed by atoms with E-state index in [4.69, 9.17) is 17.3 Å². The maximum absolute atomic E-state index is 13.5. The summed E-state index contributed by atoms with van der Waals surface area (Å²) in [7, 11) is 0. The fraction of sp³-hybridized carbons (Fsp3) is 0.0909. The predicted octanol–water partition coefficient (Wildman–Crippen LogP) is 3.18. The van der Waals surface area contributed by atoms with Gasteiger partial charge in [0.25, 0.3) is 0 Å². The standard InChI is InChI=1S/C11H8ClF3N4/c1-4-9(16)10(19-11(12)17-4)18-8-3-6(14)5(13)2-7(8)15/h2-3H,16H2,1H3,(H,17,18,19). The van der Waals surface area contributed by atoms with E-state index in [0.29, 0.717) is 17.8 Å². The third-order valence-corrected chi connectivity index (χ3v) is 2.54. The van der Waals surface area contributed by atoms with E-state index in [2.05, 4.69) is 15.3 Å². The number of rotatable bonds is 2. The number of hydrogen-bond donors (Lipinski definition) is 2. The van der Waals surface area contributed by atoms with E-state index in [1.54, 1.807) is 6.92 Å². The predicted molar refractivity (Wildman–Crippen MR) is 65.8 cm³/mol. The SMILES string of the molecule is Cc1nc(Cl)nc(Nc2cc(F)c(F)cc2F)c1N. The Labute approximate surface area is 111 Å². The number of aromatic nitrogens is 2. The molecule has 1 heterocycles. The second kappa shape index (κ2) is 4.93. The van der Waals surface area contributed by atoms with E-state index in [1.165, 1.54) is 0 Å². The highest BCUT2D eigenvalue weighted by Crippen LogP contribution is 2.27. The van der Waals surface area contributed by atoms with Gasteiger partial charge in [-0.1, -0.05) is 0 Å². The summed E-state index contributed by atoms with van der Waals surface area (Å²) in [6.07, 6.45) is 0. The van der Waals surface area contributed by atoms with E-state index in [0.717, 1.165) is 0 Å². The van der Waals surface area contributed by atoms with Crippen molar-refractivity contribution in [3.8, 4) is 0 Å². The van der Waals surface area contributed by atoms with Crippen molar-refractivity contribution >= 4 is 28.8 Å². The molecule has 0 aliphatic rings. The summed E-state index contributed by atoms with van der Waals surface area (Å²) in [6, 6.07) is 1.08. The van der Waals surface area contributed by atoms with Gasteiger partial charge >= 0.3 is 0 Å². The molecule has 0 radical (unpaired) electrons. The number of nitrogens with two attached hydrogens (primary N) is 1. The van der Waals surface area contributed by atoms with Crippen LogP contribution in [-0.4, -0.2) is 9.97 Å². The minimum atomic E-state index is -1.28. The number of nitrogen functional groups attached to an aromatic ring is 1. The Bertz CT molecular complexity index is 648. The average molecular weight is 289 g/mol. The van der Waals surface area contributed by atoms with Crippen molar-refractivity contribution in [2.75, 3.05) is 11.1 Å². The molecule has 1 aromatic carbocycles. The zero-order chi connectivity index (χ0) is 14.2. The molecule has 4 nitrogen and oxygen atoms in total. The lowest BCUT2D eigenvalue weighted by Crippen LogP contribution is -2.05. The normalized spacial score (nSPS) is 10.6. The summed E-state index contributed by atoms with van der Waals surface area (Å²) in [5.74, 6) is -3.44. The summed E-state index contributed by atoms with van der Waals surface area (Å²) in [5.41, 5.74) is 5.89. The summed E-state index contributed by atoms with van der Waals surface area (Å²) < 4.78 is 39.3. The van der Waals surface area contributed by atoms with E-state index in [-0.39, 0.29) is 22.5 Å². The van der Waals surface area contributed by atoms with Crippen LogP contribution in [0.3, 0.4) is 0 Å². The number of hydrogen-bond acceptors (Lipinski definition) is 4. The van der Waals surface area contributed by atoms with Crippen LogP contribution in [0.25, 0.3) is 0 Å². The molecule has 0 saturated heterocycles. The molecule has 0 amide bonds. The molecule has 3 N–H and O–H groups in total. The maximum atomic E-state index is 13.5. The fourth-order valence-corrected chi connectivity index (χ4v) is 1.60. The van der Waals surface area contributed by atoms with Gasteiger partial charge in [0.05, 0.1) is 17.1 Å². The smallest absolute Gasteiger partial charge is 0.224 e. The zero-order valence-electron chi connectivity index (χ0n) is 9.64. The van der Waals surface area contributed by atoms with Crippen molar-refractivity contribution in [2.45, 2.75) is 6.92 Å². The minimum absolute atomic E-state index is 0.0161. The minimum Gasteiger partial charge on any atom is -0.394 e. The summed E-state index contributed by atoms with van der Waals surface area (Å²) in [6.45, 7) is 1.58. The molecular weight excluding hydrogens is 281 g/mol. The van der Waals surface area contributed by atoms with Crippen molar-refractivity contribution in [3.05, 3.63) is 40.6 Å². The van der Waals surface area contributed by atoms with Crippen LogP contribution in [0.2, 0.25) is 5.28 Å². The van der Waals surface area contributed by atoms with E-state index < -0.39 is 17.5 Å². The molecular formula is C11H8ClF3N4. The highest BCUT2D eigenvalue weighted by atomic mass is 35.5. The van der Waals surface area contributed by atoms with Crippen LogP contribution < -0.4 is 11.1 Å². The Hall–Kier alpha value is -2.02. The molecule has 0 aliphatic carbocycles. The van der Waals surface area contributed by atoms with Crippen LogP contribution in [-0.2, 0) is 0 Å². The Morgan fingerprint density at radius 2 is 1.74 bits per heavy atom. The van der Waals surface area contributed by atoms with Crippen LogP contribution in [0.4, 0.5) is 30.4 Å². The number of benzene rings is 1. The summed E-state index contributed by atoms with van der Waals surface area (Å²) >= 11 is 5.64. The van der Waals surface area contributed by atoms with Crippen molar-refractivity contribution < 1.29 is 13.2 Å². The number of aryl methyl sites for hydroxylation is 1. The van der Waals surface area contributed by atoms with Gasteiger partial charge in [0.1, 0.15) is 5.82 Å². The topological polar surface area (TPSA) is 63.8 Å². The van der Waals surface area contributed by atoms with Crippen LogP contribution >= 0.6 is 11.6 Å². The quantitative estimate of drug-likeness (QED) is 0.658. The molecule has 19 heavy (non-hydrogen) atoms. The summed E-state index contributed by atoms with van der Waals surface area (Å²) in [5, 5.41) is 2.35. The molecule has 2 rings (SSSR count). The molecule has 0 bridgehead atoms. The number of nitrogens with zero attached hydrogens (tertiary/aromatic N) is 2. The van der Waals surface area contributed by atoms with Gasteiger partial charge in [-0.05, 0) is 18.5 Å². The second-order valence-electron chi connectivity index (χ2n) is 3.71. The number of halogens is 4. The van der Waals surface area contributed by atoms with Crippen LogP contribution in [0.15, 0.2) is 12.1 Å². The van der Waals surface area contributed by atoms with Crippen LogP contribution in [0, 0.1) is 24.4 Å². The first-order valence-corrected chi connectivity index (χ1v) is 5.47. The first-order chi connectivity index (χ1) is 8.88. The molecule has 8 heteroatoms. The average Bonchev–Trinajstić information content (AvgIpc) is 2.32. The first kappa shape index (κ1) is 13.4. The molecule has 0 fully saturated rings. The number of anilines is 3. The Balaban J connectivity index is 2.44. The third kappa shape index (κ3) is 2.70. The molecule has 0 unspecified atom stereocenters. The van der Waals surface area contributed by atoms with E-state index in [9.17, 15) is 13.2 Å². The molecule has 2 aromatic rings. The van der Waals surface area contributed by atoms with Gasteiger partial charge < -0.3 is 11.1 Å². The lowest BCUT2D eigenvalue weighted by atomic mass is 10.2. The maximum Gasteiger partial charge on any atom is 0.224 e. The Kier molecular flexibility index (Phi) is 3.48. The Morgan fingerprint density at radius 1 is 1.11 bits per heavy atom. The zero-order valence-corrected chi connectivity index (χ0v) is 10.4. The highest BCUT2D eigenvalue weighted by Gasteiger charge is 2.13. The Morgan fingerprint density at radius 3 is 2.42 bits per heavy atom. The van der Waals surface area contributed by atoms with Gasteiger partial charge in [0.2, 0.25) is 5.28 Å². The van der Waals surface area contributed by atoms with Crippen molar-refractivity contribution in [3.63, 3.8) is 0 Å². The first-order valence-electron chi connectivity index (χ1n) is 5.09. The van der Waals surface area contributed by atoms with Crippen molar-refractivity contribution in [1.82, 2.24) is 9.97 Å². The number of nitrogens with one attached hydrogen (secondary N) is 1. The van der Waals surface area contributed by atoms with E-state index in [1.807, 2.05) is 0 Å². The van der Waals surface area contributed by atoms with Gasteiger partial charge in [-0.2, -0.15) is 4.98 Å². The third-order valence-electron chi connectivity index (χ3n) is 2.37. The lowest BCUT2D eigenvalue weighted by Gasteiger charge is -2.11. The molecule has 0 atom stereocenters. The fourth-order valence-electron chi connectivity index (χ4n) is 1.39. The van der Waals surface area contributed by atoms with Crippen LogP contribution in [0.5, 0.6) is 0 Å². The van der Waals surface area contributed by atoms with Gasteiger partial charge in [-0.15, -0.1) is 0 Å². The highest BCUT2D eigenvalue weighted by molar-refractivity contribution is 6.28. The lowest BCUT2D eigenvalue weighted by molar-refractivity contribution is 0.496. The van der Waals surface area contributed by atoms with E-state index >= 15 is 0 Å². The molecule has 1 aromatic heterocycles. The molecule has 0 spiro atoms. The van der Waals surface area contributed by atoms with Gasteiger partial charge in [-0.25, -0.2) is 18.2 Å². The van der Waals surface area contributed by atoms with Crippen molar-refractivity contribution in [2.24, 2.45) is 0 Å². The molecule has 0 saturated carbocycles. The second-order valence-corrected chi connectivity index (χ2v) is 4.05. The molecule has 0 aliphatic heterocycles.